The van der Waals surface area contributed by atoms with Crippen LogP contribution in [0, 0.1) is 0 Å². The summed E-state index contributed by atoms with van der Waals surface area (Å²) in [5, 5.41) is 0. The number of phosphoric ester groups is 2. The molecule has 0 saturated heterocycles. The first-order valence-electron chi connectivity index (χ1n) is 15.5. The molecular weight excluding hydrogens is 682 g/mol. The minimum absolute atomic E-state index is 0. The molecule has 0 heterocycles. The molecule has 0 saturated carbocycles. The summed E-state index contributed by atoms with van der Waals surface area (Å²) in [5.74, 6) is 2.02. The minimum atomic E-state index is -4.12. The van der Waals surface area contributed by atoms with Gasteiger partial charge in [-0.25, -0.2) is 0 Å². The van der Waals surface area contributed by atoms with Gasteiger partial charge < -0.3 is 27.1 Å². The SMILES string of the molecule is C.C.CC(C)(c1ccc(OP(=O)(Oc2ccccc2)Oc2ccccc2)cc1)c1ccc(OP(=O)(Oc2ccccc2)Oc2ccccc2)cc1. The van der Waals surface area contributed by atoms with Crippen LogP contribution in [0.3, 0.4) is 0 Å². The number of phosphoric acid groups is 2. The average Bonchev–Trinajstić information content (AvgIpc) is 3.10. The highest BCUT2D eigenvalue weighted by molar-refractivity contribution is 7.50. The van der Waals surface area contributed by atoms with Gasteiger partial charge in [0.2, 0.25) is 0 Å². The van der Waals surface area contributed by atoms with Crippen LogP contribution >= 0.6 is 15.6 Å². The molecule has 51 heavy (non-hydrogen) atoms. The maximum Gasteiger partial charge on any atom is 0.647 e. The summed E-state index contributed by atoms with van der Waals surface area (Å²) in [4.78, 5) is 0. The highest BCUT2D eigenvalue weighted by Crippen LogP contribution is 2.51. The van der Waals surface area contributed by atoms with Crippen LogP contribution in [0.4, 0.5) is 0 Å². The van der Waals surface area contributed by atoms with E-state index in [4.69, 9.17) is 27.1 Å². The van der Waals surface area contributed by atoms with Gasteiger partial charge in [-0.2, -0.15) is 9.13 Å². The second-order valence-corrected chi connectivity index (χ2v) is 14.3. The van der Waals surface area contributed by atoms with Crippen molar-refractivity contribution >= 4 is 15.6 Å². The number of hydrogen-bond acceptors (Lipinski definition) is 8. The van der Waals surface area contributed by atoms with Crippen molar-refractivity contribution in [2.75, 3.05) is 0 Å². The van der Waals surface area contributed by atoms with E-state index in [1.807, 2.05) is 48.5 Å². The van der Waals surface area contributed by atoms with E-state index >= 15 is 0 Å². The van der Waals surface area contributed by atoms with Crippen LogP contribution in [-0.2, 0) is 14.5 Å². The van der Waals surface area contributed by atoms with Crippen molar-refractivity contribution in [2.45, 2.75) is 34.1 Å². The molecule has 0 radical (unpaired) electrons. The number of hydrogen-bond donors (Lipinski definition) is 0. The van der Waals surface area contributed by atoms with E-state index in [-0.39, 0.29) is 14.9 Å². The Balaban J connectivity index is 0.00000292. The maximum atomic E-state index is 13.8. The van der Waals surface area contributed by atoms with Gasteiger partial charge in [0.25, 0.3) is 0 Å². The van der Waals surface area contributed by atoms with Gasteiger partial charge in [-0.15, -0.1) is 0 Å². The molecule has 0 aromatic heterocycles. The molecule has 6 rings (SSSR count). The van der Waals surface area contributed by atoms with E-state index in [0.717, 1.165) is 11.1 Å². The van der Waals surface area contributed by atoms with Gasteiger partial charge in [-0.3, -0.25) is 0 Å². The largest absolute Gasteiger partial charge is 0.647 e. The van der Waals surface area contributed by atoms with Crippen LogP contribution in [-0.4, -0.2) is 0 Å². The Morgan fingerprint density at radius 3 is 0.745 bits per heavy atom. The number of para-hydroxylation sites is 4. The average molecular weight is 725 g/mol. The molecule has 0 spiro atoms. The summed E-state index contributed by atoms with van der Waals surface area (Å²) in [6, 6.07) is 49.4. The smallest absolute Gasteiger partial charge is 0.386 e. The Morgan fingerprint density at radius 1 is 0.333 bits per heavy atom. The molecule has 0 atom stereocenters. The molecule has 0 amide bonds. The quantitative estimate of drug-likeness (QED) is 0.103. The molecule has 0 unspecified atom stereocenters. The zero-order valence-electron chi connectivity index (χ0n) is 26.8. The molecule has 0 aliphatic heterocycles. The van der Waals surface area contributed by atoms with Gasteiger partial charge in [-0.1, -0.05) is 126 Å². The summed E-state index contributed by atoms with van der Waals surface area (Å²) < 4.78 is 62.4. The number of benzene rings is 6. The molecular formula is C41H42O8P2. The van der Waals surface area contributed by atoms with Crippen molar-refractivity contribution in [2.24, 2.45) is 0 Å². The van der Waals surface area contributed by atoms with Crippen molar-refractivity contribution in [1.82, 2.24) is 0 Å². The Kier molecular flexibility index (Phi) is 12.8. The van der Waals surface area contributed by atoms with Crippen LogP contribution in [0.15, 0.2) is 170 Å². The molecule has 0 aliphatic carbocycles. The van der Waals surface area contributed by atoms with E-state index < -0.39 is 21.1 Å². The topological polar surface area (TPSA) is 89.5 Å². The lowest BCUT2D eigenvalue weighted by Crippen LogP contribution is -2.18. The Bertz CT molecular complexity index is 1780. The fourth-order valence-electron chi connectivity index (χ4n) is 4.84. The molecule has 6 aromatic carbocycles. The molecule has 0 bridgehead atoms. The second-order valence-electron chi connectivity index (χ2n) is 11.4. The van der Waals surface area contributed by atoms with Gasteiger partial charge in [0.15, 0.2) is 0 Å². The van der Waals surface area contributed by atoms with Crippen molar-refractivity contribution in [3.63, 3.8) is 0 Å². The van der Waals surface area contributed by atoms with E-state index in [0.29, 0.717) is 34.5 Å². The standard InChI is InChI=1S/C39H34O8P2.2CH4/c1-39(2,31-23-27-37(28-24-31)46-48(40,42-33-15-7-3-8-16-33)43-34-17-9-4-10-18-34)32-25-29-38(30-26-32)47-49(41,44-35-19-11-5-12-20-35)45-36-21-13-6-14-22-36;;/h3-30H,1-2H3;2*1H4. The predicted octanol–water partition coefficient (Wildman–Crippen LogP) is 12.6. The Morgan fingerprint density at radius 2 is 0.529 bits per heavy atom. The van der Waals surface area contributed by atoms with Crippen molar-refractivity contribution < 1.29 is 36.3 Å². The lowest BCUT2D eigenvalue weighted by molar-refractivity contribution is 0.296. The van der Waals surface area contributed by atoms with E-state index in [1.54, 1.807) is 121 Å². The highest BCUT2D eigenvalue weighted by Gasteiger charge is 2.35. The number of rotatable bonds is 14. The van der Waals surface area contributed by atoms with Crippen LogP contribution in [0.2, 0.25) is 0 Å². The maximum absolute atomic E-state index is 13.8. The van der Waals surface area contributed by atoms with E-state index in [2.05, 4.69) is 13.8 Å². The molecule has 0 fully saturated rings. The molecule has 10 heteroatoms. The van der Waals surface area contributed by atoms with Crippen LogP contribution in [0.25, 0.3) is 0 Å². The van der Waals surface area contributed by atoms with Crippen LogP contribution in [0.1, 0.15) is 39.8 Å². The first kappa shape index (κ1) is 38.4. The normalized spacial score (nSPS) is 11.2. The first-order chi connectivity index (χ1) is 23.7. The monoisotopic (exact) mass is 724 g/mol. The van der Waals surface area contributed by atoms with Crippen LogP contribution < -0.4 is 27.1 Å². The van der Waals surface area contributed by atoms with Gasteiger partial charge in [0.1, 0.15) is 34.5 Å². The summed E-state index contributed by atoms with van der Waals surface area (Å²) in [6.45, 7) is 4.14. The molecule has 0 N–H and O–H groups in total. The third kappa shape index (κ3) is 10.3. The zero-order valence-corrected chi connectivity index (χ0v) is 28.6. The Labute approximate surface area is 300 Å². The summed E-state index contributed by atoms with van der Waals surface area (Å²) >= 11 is 0. The van der Waals surface area contributed by atoms with Gasteiger partial charge >= 0.3 is 15.6 Å². The van der Waals surface area contributed by atoms with Gasteiger partial charge in [0.05, 0.1) is 0 Å². The summed E-state index contributed by atoms with van der Waals surface area (Å²) in [7, 11) is -8.25. The summed E-state index contributed by atoms with van der Waals surface area (Å²) in [5.41, 5.74) is 1.45. The molecule has 8 nitrogen and oxygen atoms in total. The fourth-order valence-corrected chi connectivity index (χ4v) is 7.35. The van der Waals surface area contributed by atoms with Gasteiger partial charge in [0, 0.05) is 5.41 Å². The van der Waals surface area contributed by atoms with Gasteiger partial charge in [-0.05, 0) is 83.9 Å². The van der Waals surface area contributed by atoms with E-state index in [9.17, 15) is 9.13 Å². The van der Waals surface area contributed by atoms with Crippen molar-refractivity contribution in [3.05, 3.63) is 181 Å². The predicted molar refractivity (Wildman–Crippen MR) is 203 cm³/mol. The fraction of sp³-hybridized carbons (Fsp3) is 0.122. The van der Waals surface area contributed by atoms with Crippen molar-refractivity contribution in [3.8, 4) is 34.5 Å². The minimum Gasteiger partial charge on any atom is -0.386 e. The Hall–Kier alpha value is -5.42. The summed E-state index contributed by atoms with van der Waals surface area (Å²) in [6.07, 6.45) is 0. The molecule has 0 aliphatic rings. The van der Waals surface area contributed by atoms with Crippen LogP contribution in [0.5, 0.6) is 34.5 Å². The highest BCUT2D eigenvalue weighted by atomic mass is 31.2. The third-order valence-electron chi connectivity index (χ3n) is 7.43. The lowest BCUT2D eigenvalue weighted by Gasteiger charge is -2.27. The molecule has 6 aromatic rings. The third-order valence-corrected chi connectivity index (χ3v) is 10.0. The first-order valence-corrected chi connectivity index (χ1v) is 18.4. The van der Waals surface area contributed by atoms with Crippen molar-refractivity contribution in [1.29, 1.82) is 0 Å². The molecule has 264 valence electrons. The lowest BCUT2D eigenvalue weighted by atomic mass is 9.78. The zero-order chi connectivity index (χ0) is 34.2. The second kappa shape index (κ2) is 17.0. The van der Waals surface area contributed by atoms with E-state index in [1.165, 1.54) is 0 Å².